The van der Waals surface area contributed by atoms with E-state index in [-0.39, 0.29) is 17.5 Å². The third kappa shape index (κ3) is 2.85. The van der Waals surface area contributed by atoms with Gasteiger partial charge in [-0.15, -0.1) is 0 Å². The average molecular weight is 305 g/mol. The molecule has 1 fully saturated rings. The molecule has 0 spiro atoms. The fraction of sp³-hybridized carbons (Fsp3) is 0.286. The molecular weight excluding hydrogens is 292 g/mol. The van der Waals surface area contributed by atoms with Gasteiger partial charge in [0.25, 0.3) is 12.2 Å². The topological polar surface area (TPSA) is 72.2 Å². The van der Waals surface area contributed by atoms with Crippen molar-refractivity contribution in [3.05, 3.63) is 47.6 Å². The maximum Gasteiger partial charge on any atom is 0.280 e. The van der Waals surface area contributed by atoms with Crippen LogP contribution in [-0.2, 0) is 11.2 Å². The lowest BCUT2D eigenvalue weighted by Gasteiger charge is -2.07. The third-order valence-corrected chi connectivity index (χ3v) is 3.36. The van der Waals surface area contributed by atoms with E-state index in [9.17, 15) is 13.6 Å². The van der Waals surface area contributed by atoms with Gasteiger partial charge in [0.1, 0.15) is 12.0 Å². The summed E-state index contributed by atoms with van der Waals surface area (Å²) in [5, 5.41) is 6.65. The fourth-order valence-electron chi connectivity index (χ4n) is 2.26. The van der Waals surface area contributed by atoms with Crippen LogP contribution in [0.3, 0.4) is 0 Å². The summed E-state index contributed by atoms with van der Waals surface area (Å²) in [5.74, 6) is 0.139. The first-order chi connectivity index (χ1) is 10.6. The van der Waals surface area contributed by atoms with Crippen molar-refractivity contribution >= 4 is 12.2 Å². The van der Waals surface area contributed by atoms with Crippen molar-refractivity contribution in [2.75, 3.05) is 0 Å². The number of carbonyl (C=O) groups excluding carboxylic acids is 1. The van der Waals surface area contributed by atoms with Gasteiger partial charge in [0.2, 0.25) is 6.41 Å². The highest BCUT2D eigenvalue weighted by atomic mass is 19.3. The Bertz CT molecular complexity index is 768. The summed E-state index contributed by atoms with van der Waals surface area (Å²) in [5.41, 5.74) is 2.02. The van der Waals surface area contributed by atoms with Crippen LogP contribution in [0.1, 0.15) is 24.2 Å². The predicted octanol–water partition coefficient (Wildman–Crippen LogP) is 1.61. The maximum atomic E-state index is 12.9. The van der Waals surface area contributed by atoms with Crippen molar-refractivity contribution in [1.82, 2.24) is 24.9 Å². The number of nitrogens with one attached hydrogen (secondary N) is 1. The summed E-state index contributed by atoms with van der Waals surface area (Å²) in [6, 6.07) is 1.37. The van der Waals surface area contributed by atoms with Gasteiger partial charge in [0.05, 0.1) is 11.7 Å². The Balaban J connectivity index is 1.82. The molecule has 2 aromatic rings. The molecule has 1 aliphatic rings. The Labute approximate surface area is 124 Å². The largest absolute Gasteiger partial charge is 0.352 e. The summed E-state index contributed by atoms with van der Waals surface area (Å²) in [7, 11) is 0. The van der Waals surface area contributed by atoms with Gasteiger partial charge in [-0.25, -0.2) is 18.3 Å². The number of hydrogen-bond acceptors (Lipinski definition) is 4. The Morgan fingerprint density at radius 2 is 2.41 bits per heavy atom. The molecular formula is C14H13F2N5O. The molecule has 0 saturated heterocycles. The molecule has 1 saturated carbocycles. The minimum atomic E-state index is -2.67. The summed E-state index contributed by atoms with van der Waals surface area (Å²) in [6.45, 7) is 3.93. The van der Waals surface area contributed by atoms with Gasteiger partial charge in [0.15, 0.2) is 0 Å². The maximum absolute atomic E-state index is 12.9. The van der Waals surface area contributed by atoms with Crippen LogP contribution in [0.25, 0.3) is 5.78 Å². The molecule has 0 aliphatic heterocycles. The lowest BCUT2D eigenvalue weighted by molar-refractivity contribution is -0.109. The lowest BCUT2D eigenvalue weighted by atomic mass is 10.1. The van der Waals surface area contributed by atoms with Gasteiger partial charge >= 0.3 is 0 Å². The number of rotatable bonds is 6. The first-order valence-electron chi connectivity index (χ1n) is 6.64. The van der Waals surface area contributed by atoms with E-state index in [4.69, 9.17) is 0 Å². The van der Waals surface area contributed by atoms with E-state index in [0.29, 0.717) is 18.5 Å². The zero-order chi connectivity index (χ0) is 15.7. The van der Waals surface area contributed by atoms with E-state index in [1.54, 1.807) is 0 Å². The van der Waals surface area contributed by atoms with E-state index in [0.717, 1.165) is 17.6 Å². The fourth-order valence-corrected chi connectivity index (χ4v) is 2.26. The van der Waals surface area contributed by atoms with E-state index in [1.807, 2.05) is 6.08 Å². The highest BCUT2D eigenvalue weighted by molar-refractivity contribution is 5.52. The Kier molecular flexibility index (Phi) is 3.66. The smallest absolute Gasteiger partial charge is 0.280 e. The molecule has 0 radical (unpaired) electrons. The number of hydrogen-bond donors (Lipinski definition) is 1. The molecule has 1 amide bonds. The molecule has 0 unspecified atom stereocenters. The molecule has 1 aliphatic carbocycles. The standard InChI is InChI=1S/C14H13F2N5O/c1-8(2-9-4-11(9)18-7-22)3-10-5-12(13(15)16)20-14-17-6-19-21(10)14/h2,5-7,11,13H,1,3-4H2,(H,18,22)/b9-2+/t11-/m1/s1. The quantitative estimate of drug-likeness (QED) is 0.823. The number of alkyl halides is 2. The van der Waals surface area contributed by atoms with Crippen molar-refractivity contribution in [1.29, 1.82) is 0 Å². The number of nitrogens with zero attached hydrogens (tertiary/aromatic N) is 4. The van der Waals surface area contributed by atoms with E-state index in [1.165, 1.54) is 16.9 Å². The normalized spacial score (nSPS) is 18.9. The van der Waals surface area contributed by atoms with Crippen molar-refractivity contribution in [2.24, 2.45) is 0 Å². The molecule has 1 N–H and O–H groups in total. The summed E-state index contributed by atoms with van der Waals surface area (Å²) in [6.07, 6.45) is 2.26. The number of fused-ring (bicyclic) bond motifs is 1. The van der Waals surface area contributed by atoms with Crippen LogP contribution < -0.4 is 5.32 Å². The monoisotopic (exact) mass is 305 g/mol. The van der Waals surface area contributed by atoms with Gasteiger partial charge in [0, 0.05) is 6.42 Å². The Hall–Kier alpha value is -2.64. The molecule has 6 nitrogen and oxygen atoms in total. The summed E-state index contributed by atoms with van der Waals surface area (Å²) < 4.78 is 27.2. The lowest BCUT2D eigenvalue weighted by Crippen LogP contribution is -2.12. The molecule has 3 rings (SSSR count). The van der Waals surface area contributed by atoms with Crippen LogP contribution in [0.5, 0.6) is 0 Å². The van der Waals surface area contributed by atoms with Crippen molar-refractivity contribution in [3.63, 3.8) is 0 Å². The van der Waals surface area contributed by atoms with Gasteiger partial charge in [-0.1, -0.05) is 12.7 Å². The Morgan fingerprint density at radius 3 is 3.14 bits per heavy atom. The van der Waals surface area contributed by atoms with Gasteiger partial charge in [-0.05, 0) is 23.6 Å². The van der Waals surface area contributed by atoms with Crippen molar-refractivity contribution in [3.8, 4) is 0 Å². The van der Waals surface area contributed by atoms with E-state index in [2.05, 4.69) is 27.0 Å². The molecule has 0 bridgehead atoms. The van der Waals surface area contributed by atoms with Gasteiger partial charge in [-0.2, -0.15) is 10.1 Å². The minimum absolute atomic E-state index is 0.0645. The SMILES string of the molecule is C=C(/C=C1\C[C@H]1NC=O)Cc1cc(C(F)F)nc2ncnn12. The predicted molar refractivity (Wildman–Crippen MR) is 74.3 cm³/mol. The molecule has 2 aromatic heterocycles. The summed E-state index contributed by atoms with van der Waals surface area (Å²) in [4.78, 5) is 17.9. The first kappa shape index (κ1) is 14.3. The van der Waals surface area contributed by atoms with Crippen LogP contribution in [0.15, 0.2) is 36.2 Å². The number of halogens is 2. The number of aromatic nitrogens is 4. The number of carbonyl (C=O) groups is 1. The molecule has 114 valence electrons. The van der Waals surface area contributed by atoms with Crippen molar-refractivity contribution in [2.45, 2.75) is 25.3 Å². The van der Waals surface area contributed by atoms with E-state index >= 15 is 0 Å². The zero-order valence-electron chi connectivity index (χ0n) is 11.5. The number of amides is 1. The molecule has 8 heteroatoms. The summed E-state index contributed by atoms with van der Waals surface area (Å²) >= 11 is 0. The van der Waals surface area contributed by atoms with E-state index < -0.39 is 6.43 Å². The van der Waals surface area contributed by atoms with Gasteiger partial charge in [-0.3, -0.25) is 4.79 Å². The van der Waals surface area contributed by atoms with Crippen LogP contribution in [0.2, 0.25) is 0 Å². The molecule has 2 heterocycles. The highest BCUT2D eigenvalue weighted by Gasteiger charge is 2.28. The first-order valence-corrected chi connectivity index (χ1v) is 6.64. The Morgan fingerprint density at radius 1 is 1.59 bits per heavy atom. The van der Waals surface area contributed by atoms with Crippen LogP contribution in [0, 0.1) is 0 Å². The number of allylic oxidation sites excluding steroid dienone is 2. The molecule has 22 heavy (non-hydrogen) atoms. The van der Waals surface area contributed by atoms with Crippen LogP contribution in [-0.4, -0.2) is 32.0 Å². The van der Waals surface area contributed by atoms with Gasteiger partial charge < -0.3 is 5.32 Å². The van der Waals surface area contributed by atoms with Crippen LogP contribution >= 0.6 is 0 Å². The highest BCUT2D eigenvalue weighted by Crippen LogP contribution is 2.30. The second-order valence-electron chi connectivity index (χ2n) is 5.04. The average Bonchev–Trinajstić information content (AvgIpc) is 3.01. The second-order valence-corrected chi connectivity index (χ2v) is 5.04. The molecule has 0 aromatic carbocycles. The van der Waals surface area contributed by atoms with Crippen LogP contribution in [0.4, 0.5) is 8.78 Å². The molecule has 1 atom stereocenters. The minimum Gasteiger partial charge on any atom is -0.352 e. The second kappa shape index (κ2) is 5.63. The third-order valence-electron chi connectivity index (χ3n) is 3.36. The zero-order valence-corrected chi connectivity index (χ0v) is 11.5. The van der Waals surface area contributed by atoms with Crippen molar-refractivity contribution < 1.29 is 13.6 Å².